The van der Waals surface area contributed by atoms with Crippen molar-refractivity contribution in [3.63, 3.8) is 0 Å². The first-order chi connectivity index (χ1) is 10.3. The van der Waals surface area contributed by atoms with Gasteiger partial charge in [-0.2, -0.15) is 0 Å². The van der Waals surface area contributed by atoms with E-state index in [9.17, 15) is 0 Å². The lowest BCUT2D eigenvalue weighted by Gasteiger charge is -2.05. The van der Waals surface area contributed by atoms with Crippen LogP contribution in [0.25, 0.3) is 10.8 Å². The average molecular weight is 284 g/mol. The molecule has 2 aromatic rings. The zero-order chi connectivity index (χ0) is 15.9. The topological polar surface area (TPSA) is 9.23 Å². The lowest BCUT2D eigenvalue weighted by Crippen LogP contribution is -1.94. The van der Waals surface area contributed by atoms with Crippen LogP contribution in [0.3, 0.4) is 0 Å². The largest absolute Gasteiger partial charge is 0.494 e. The number of rotatable bonds is 4. The van der Waals surface area contributed by atoms with Crippen LogP contribution in [-0.2, 0) is 0 Å². The van der Waals surface area contributed by atoms with Crippen molar-refractivity contribution < 1.29 is 4.74 Å². The van der Waals surface area contributed by atoms with Gasteiger partial charge < -0.3 is 4.74 Å². The van der Waals surface area contributed by atoms with E-state index in [2.05, 4.69) is 43.8 Å². The van der Waals surface area contributed by atoms with Crippen molar-refractivity contribution in [2.24, 2.45) is 0 Å². The van der Waals surface area contributed by atoms with Gasteiger partial charge in [0, 0.05) is 0 Å². The van der Waals surface area contributed by atoms with Crippen molar-refractivity contribution in [3.05, 3.63) is 67.3 Å². The van der Waals surface area contributed by atoms with Gasteiger partial charge in [-0.25, -0.2) is 0 Å². The van der Waals surface area contributed by atoms with Crippen LogP contribution >= 0.6 is 0 Å². The molecule has 0 atom stereocenters. The second-order valence-corrected chi connectivity index (χ2v) is 4.12. The maximum Gasteiger partial charge on any atom is 0.119 e. The average Bonchev–Trinajstić information content (AvgIpc) is 2.56. The second kappa shape index (κ2) is 13.0. The molecule has 0 radical (unpaired) electrons. The summed E-state index contributed by atoms with van der Waals surface area (Å²) in [6.45, 7) is 12.3. The third-order valence-electron chi connectivity index (χ3n) is 2.52. The number of hydrogen-bond donors (Lipinski definition) is 0. The van der Waals surface area contributed by atoms with Gasteiger partial charge >= 0.3 is 0 Å². The predicted octanol–water partition coefficient (Wildman–Crippen LogP) is 6.40. The first-order valence-electron chi connectivity index (χ1n) is 7.67. The van der Waals surface area contributed by atoms with E-state index in [1.807, 2.05) is 45.1 Å². The molecule has 21 heavy (non-hydrogen) atoms. The molecule has 2 aromatic carbocycles. The molecule has 1 nitrogen and oxygen atoms in total. The third-order valence-corrected chi connectivity index (χ3v) is 2.52. The Labute approximate surface area is 130 Å². The molecule has 0 aliphatic carbocycles. The lowest BCUT2D eigenvalue weighted by molar-refractivity contribution is 0.318. The summed E-state index contributed by atoms with van der Waals surface area (Å²) >= 11 is 0. The van der Waals surface area contributed by atoms with Gasteiger partial charge in [0.1, 0.15) is 5.75 Å². The van der Waals surface area contributed by atoms with Gasteiger partial charge in [0.25, 0.3) is 0 Å². The summed E-state index contributed by atoms with van der Waals surface area (Å²) in [5.41, 5.74) is 0. The fourth-order valence-electron chi connectivity index (χ4n) is 1.61. The molecule has 0 saturated heterocycles. The van der Waals surface area contributed by atoms with Crippen LogP contribution in [0.4, 0.5) is 0 Å². The maximum absolute atomic E-state index is 5.56. The van der Waals surface area contributed by atoms with Crippen LogP contribution in [0.15, 0.2) is 67.3 Å². The molecule has 0 spiro atoms. The molecule has 1 heteroatoms. The number of benzene rings is 2. The lowest BCUT2D eigenvalue weighted by atomic mass is 10.1. The van der Waals surface area contributed by atoms with E-state index in [0.717, 1.165) is 18.8 Å². The minimum Gasteiger partial charge on any atom is -0.494 e. The molecule has 0 unspecified atom stereocenters. The Morgan fingerprint density at radius 2 is 1.71 bits per heavy atom. The van der Waals surface area contributed by atoms with E-state index >= 15 is 0 Å². The molecule has 0 aromatic heterocycles. The zero-order valence-corrected chi connectivity index (χ0v) is 13.8. The van der Waals surface area contributed by atoms with Crippen molar-refractivity contribution in [1.82, 2.24) is 0 Å². The van der Waals surface area contributed by atoms with Crippen LogP contribution in [0.5, 0.6) is 5.75 Å². The first-order valence-corrected chi connectivity index (χ1v) is 7.67. The Kier molecular flexibility index (Phi) is 11.7. The van der Waals surface area contributed by atoms with Gasteiger partial charge in [0.15, 0.2) is 0 Å². The van der Waals surface area contributed by atoms with Crippen LogP contribution in [-0.4, -0.2) is 6.61 Å². The predicted molar refractivity (Wildman–Crippen MR) is 96.1 cm³/mol. The number of hydrogen-bond acceptors (Lipinski definition) is 1. The molecule has 114 valence electrons. The Balaban J connectivity index is 0.000000489. The van der Waals surface area contributed by atoms with Gasteiger partial charge in [0.05, 0.1) is 6.61 Å². The highest BCUT2D eigenvalue weighted by molar-refractivity contribution is 5.83. The fraction of sp³-hybridized carbons (Fsp3) is 0.300. The number of allylic oxidation sites excluding steroid dienone is 3. The first kappa shape index (κ1) is 19.0. The van der Waals surface area contributed by atoms with E-state index in [4.69, 9.17) is 4.74 Å². The fourth-order valence-corrected chi connectivity index (χ4v) is 1.61. The number of fused-ring (bicyclic) bond motifs is 1. The minimum absolute atomic E-state index is 0.790. The van der Waals surface area contributed by atoms with Crippen LogP contribution in [0.2, 0.25) is 0 Å². The normalized spacial score (nSPS) is 9.33. The molecule has 0 aliphatic rings. The van der Waals surface area contributed by atoms with E-state index < -0.39 is 0 Å². The molecule has 0 saturated carbocycles. The zero-order valence-electron chi connectivity index (χ0n) is 13.8. The smallest absolute Gasteiger partial charge is 0.119 e. The summed E-state index contributed by atoms with van der Waals surface area (Å²) in [5.74, 6) is 0.963. The molecule has 0 fully saturated rings. The molecule has 0 N–H and O–H groups in total. The van der Waals surface area contributed by atoms with Crippen LogP contribution in [0, 0.1) is 0 Å². The van der Waals surface area contributed by atoms with Crippen molar-refractivity contribution in [2.75, 3.05) is 6.61 Å². The maximum atomic E-state index is 5.56. The van der Waals surface area contributed by atoms with Crippen molar-refractivity contribution in [2.45, 2.75) is 34.1 Å². The molecular weight excluding hydrogens is 256 g/mol. The molecule has 0 aliphatic heterocycles. The molecule has 2 rings (SSSR count). The van der Waals surface area contributed by atoms with Gasteiger partial charge in [0.2, 0.25) is 0 Å². The highest BCUT2D eigenvalue weighted by atomic mass is 16.5. The summed E-state index contributed by atoms with van der Waals surface area (Å²) in [4.78, 5) is 0. The molecule has 0 heterocycles. The summed E-state index contributed by atoms with van der Waals surface area (Å²) in [7, 11) is 0. The third kappa shape index (κ3) is 7.98. The van der Waals surface area contributed by atoms with Gasteiger partial charge in [-0.3, -0.25) is 0 Å². The standard InChI is InChI=1S/C13H14O.C5H8.C2H6/c1-2-9-14-13-8-7-11-5-3-4-6-12(11)10-13;1-3-5-4-2;1-2/h3-8,10H,2,9H2,1H3;3-5H,1H2,2H3;1-2H3/b;5-4+;. The van der Waals surface area contributed by atoms with Crippen molar-refractivity contribution >= 4 is 10.8 Å². The summed E-state index contributed by atoms with van der Waals surface area (Å²) in [6, 6.07) is 14.5. The van der Waals surface area contributed by atoms with Crippen LogP contribution in [0.1, 0.15) is 34.1 Å². The highest BCUT2D eigenvalue weighted by Gasteiger charge is 1.95. The van der Waals surface area contributed by atoms with Crippen LogP contribution < -0.4 is 4.74 Å². The summed E-state index contributed by atoms with van der Waals surface area (Å²) < 4.78 is 5.56. The quantitative estimate of drug-likeness (QED) is 0.590. The van der Waals surface area contributed by atoms with Gasteiger partial charge in [-0.15, -0.1) is 0 Å². The number of ether oxygens (including phenoxy) is 1. The van der Waals surface area contributed by atoms with Gasteiger partial charge in [-0.1, -0.05) is 75.9 Å². The van der Waals surface area contributed by atoms with E-state index in [1.54, 1.807) is 6.08 Å². The van der Waals surface area contributed by atoms with E-state index in [1.165, 1.54) is 10.8 Å². The Hall–Kier alpha value is -2.02. The van der Waals surface area contributed by atoms with Crippen molar-refractivity contribution in [3.8, 4) is 5.75 Å². The second-order valence-electron chi connectivity index (χ2n) is 4.12. The Morgan fingerprint density at radius 1 is 1.05 bits per heavy atom. The van der Waals surface area contributed by atoms with E-state index in [-0.39, 0.29) is 0 Å². The van der Waals surface area contributed by atoms with E-state index in [0.29, 0.717) is 0 Å². The Bertz CT molecular complexity index is 526. The van der Waals surface area contributed by atoms with Crippen molar-refractivity contribution in [1.29, 1.82) is 0 Å². The molecule has 0 amide bonds. The SMILES string of the molecule is C=C/C=C/C.CC.CCCOc1ccc2ccccc2c1. The highest BCUT2D eigenvalue weighted by Crippen LogP contribution is 2.20. The summed E-state index contributed by atoms with van der Waals surface area (Å²) in [5, 5.41) is 2.50. The molecule has 0 bridgehead atoms. The summed E-state index contributed by atoms with van der Waals surface area (Å²) in [6.07, 6.45) is 6.62. The molecular formula is C20H28O. The monoisotopic (exact) mass is 284 g/mol. The van der Waals surface area contributed by atoms with Gasteiger partial charge in [-0.05, 0) is 36.2 Å². The Morgan fingerprint density at radius 3 is 2.24 bits per heavy atom. The minimum atomic E-state index is 0.790.